The molecule has 0 bridgehead atoms. The number of rotatable bonds is 6. The Hall–Kier alpha value is -3.79. The maximum Gasteiger partial charge on any atom is 0.410 e. The maximum absolute atomic E-state index is 12.3. The van der Waals surface area contributed by atoms with Crippen LogP contribution in [-0.2, 0) is 11.3 Å². The Bertz CT molecular complexity index is 1110. The highest BCUT2D eigenvalue weighted by Crippen LogP contribution is 2.21. The van der Waals surface area contributed by atoms with Crippen LogP contribution in [0.4, 0.5) is 19.5 Å². The monoisotopic (exact) mass is 525 g/mol. The first kappa shape index (κ1) is 27.3. The van der Waals surface area contributed by atoms with E-state index >= 15 is 0 Å². The Morgan fingerprint density at radius 2 is 1.55 bits per heavy atom. The zero-order valence-corrected chi connectivity index (χ0v) is 21.2. The van der Waals surface area contributed by atoms with Crippen LogP contribution in [0.3, 0.4) is 0 Å². The van der Waals surface area contributed by atoms with Crippen molar-refractivity contribution in [1.29, 1.82) is 0 Å². The summed E-state index contributed by atoms with van der Waals surface area (Å²) in [6, 6.07) is 14.2. The molecule has 3 heterocycles. The van der Waals surface area contributed by atoms with Gasteiger partial charge in [-0.05, 0) is 55.0 Å². The fourth-order valence-electron chi connectivity index (χ4n) is 4.25. The van der Waals surface area contributed by atoms with E-state index in [4.69, 9.17) is 15.2 Å². The lowest BCUT2D eigenvalue weighted by molar-refractivity contribution is 0.0760. The fourth-order valence-corrected chi connectivity index (χ4v) is 4.25. The third-order valence-corrected chi connectivity index (χ3v) is 6.49. The van der Waals surface area contributed by atoms with E-state index in [1.807, 2.05) is 30.3 Å². The van der Waals surface area contributed by atoms with Crippen molar-refractivity contribution in [3.8, 4) is 5.75 Å². The number of likely N-dealkylation sites (tertiary alicyclic amines) is 1. The van der Waals surface area contributed by atoms with E-state index in [0.717, 1.165) is 62.2 Å². The zero-order valence-electron chi connectivity index (χ0n) is 21.2. The lowest BCUT2D eigenvalue weighted by Crippen LogP contribution is -2.40. The molecule has 0 aliphatic carbocycles. The van der Waals surface area contributed by atoms with E-state index < -0.39 is 11.6 Å². The van der Waals surface area contributed by atoms with E-state index in [-0.39, 0.29) is 12.1 Å². The molecular weight excluding hydrogens is 492 g/mol. The predicted octanol–water partition coefficient (Wildman–Crippen LogP) is 4.41. The smallest absolute Gasteiger partial charge is 0.410 e. The number of hydrogen-bond acceptors (Lipinski definition) is 7. The molecule has 2 aliphatic rings. The summed E-state index contributed by atoms with van der Waals surface area (Å²) in [4.78, 5) is 24.9. The fraction of sp³-hybridized carbons (Fsp3) is 0.393. The van der Waals surface area contributed by atoms with Crippen molar-refractivity contribution in [1.82, 2.24) is 14.9 Å². The van der Waals surface area contributed by atoms with Crippen LogP contribution in [0.15, 0.2) is 67.0 Å². The first-order valence-electron chi connectivity index (χ1n) is 12.8. The summed E-state index contributed by atoms with van der Waals surface area (Å²) in [5.74, 6) is 0.960. The normalized spacial score (nSPS) is 17.5. The van der Waals surface area contributed by atoms with E-state index in [1.165, 1.54) is 0 Å². The summed E-state index contributed by atoms with van der Waals surface area (Å²) >= 11 is 0. The molecule has 202 valence electrons. The van der Waals surface area contributed by atoms with Crippen LogP contribution in [0.5, 0.6) is 5.75 Å². The largest absolute Gasteiger partial charge is 0.490 e. The van der Waals surface area contributed by atoms with Crippen molar-refractivity contribution in [2.75, 3.05) is 37.7 Å². The van der Waals surface area contributed by atoms with E-state index in [2.05, 4.69) is 14.9 Å². The van der Waals surface area contributed by atoms with Gasteiger partial charge in [0.2, 0.25) is 5.95 Å². The van der Waals surface area contributed by atoms with Crippen LogP contribution >= 0.6 is 0 Å². The lowest BCUT2D eigenvalue weighted by Gasteiger charge is -2.31. The molecule has 1 amide bonds. The highest BCUT2D eigenvalue weighted by atomic mass is 19.1. The molecule has 8 nitrogen and oxygen atoms in total. The number of aromatic nitrogens is 2. The molecule has 0 spiro atoms. The number of benzene rings is 2. The first-order valence-corrected chi connectivity index (χ1v) is 12.8. The zero-order chi connectivity index (χ0) is 26.7. The number of anilines is 1. The summed E-state index contributed by atoms with van der Waals surface area (Å²) in [5, 5.41) is 0. The van der Waals surface area contributed by atoms with Gasteiger partial charge in [0.05, 0.1) is 19.0 Å². The number of ether oxygens (including phenoxy) is 2. The number of piperidine rings is 1. The summed E-state index contributed by atoms with van der Waals surface area (Å²) < 4.78 is 35.1. The minimum atomic E-state index is -0.411. The minimum Gasteiger partial charge on any atom is -0.490 e. The van der Waals surface area contributed by atoms with Gasteiger partial charge in [0, 0.05) is 32.2 Å². The molecule has 38 heavy (non-hydrogen) atoms. The van der Waals surface area contributed by atoms with Crippen LogP contribution in [-0.4, -0.2) is 59.8 Å². The van der Waals surface area contributed by atoms with Gasteiger partial charge in [0.15, 0.2) is 5.75 Å². The van der Waals surface area contributed by atoms with Crippen molar-refractivity contribution in [3.63, 3.8) is 0 Å². The van der Waals surface area contributed by atoms with E-state index in [0.29, 0.717) is 43.9 Å². The van der Waals surface area contributed by atoms with Crippen molar-refractivity contribution >= 4 is 12.0 Å². The van der Waals surface area contributed by atoms with Crippen LogP contribution < -0.4 is 15.4 Å². The molecule has 1 aromatic heterocycles. The number of carbonyl (C=O) groups excluding carboxylic acids is 1. The number of amides is 1. The van der Waals surface area contributed by atoms with Crippen molar-refractivity contribution in [2.45, 2.75) is 31.9 Å². The van der Waals surface area contributed by atoms with Gasteiger partial charge in [0.25, 0.3) is 0 Å². The second kappa shape index (κ2) is 13.7. The lowest BCUT2D eigenvalue weighted by atomic mass is 9.98. The van der Waals surface area contributed by atoms with E-state index in [1.54, 1.807) is 17.3 Å². The molecule has 10 heteroatoms. The number of hydrogen-bond donors (Lipinski definition) is 1. The Balaban J connectivity index is 0.000000360. The first-order chi connectivity index (χ1) is 18.5. The molecule has 2 fully saturated rings. The Labute approximate surface area is 221 Å². The highest BCUT2D eigenvalue weighted by molar-refractivity contribution is 5.67. The average molecular weight is 526 g/mol. The molecule has 0 saturated carbocycles. The van der Waals surface area contributed by atoms with Crippen LogP contribution in [0.25, 0.3) is 0 Å². The summed E-state index contributed by atoms with van der Waals surface area (Å²) in [6.07, 6.45) is 5.96. The van der Waals surface area contributed by atoms with Crippen LogP contribution in [0.1, 0.15) is 24.8 Å². The van der Waals surface area contributed by atoms with Crippen LogP contribution in [0.2, 0.25) is 0 Å². The van der Waals surface area contributed by atoms with Gasteiger partial charge in [-0.3, -0.25) is 0 Å². The molecule has 2 aliphatic heterocycles. The van der Waals surface area contributed by atoms with Gasteiger partial charge in [-0.2, -0.15) is 0 Å². The second-order valence-corrected chi connectivity index (χ2v) is 9.43. The molecule has 2 N–H and O–H groups in total. The Morgan fingerprint density at radius 3 is 2.13 bits per heavy atom. The maximum atomic E-state index is 12.3. The van der Waals surface area contributed by atoms with Gasteiger partial charge in [0.1, 0.15) is 18.2 Å². The van der Waals surface area contributed by atoms with E-state index in [9.17, 15) is 13.6 Å². The Kier molecular flexibility index (Phi) is 9.80. The number of nitrogens with two attached hydrogens (primary N) is 1. The molecule has 1 unspecified atom stereocenters. The Morgan fingerprint density at radius 1 is 0.921 bits per heavy atom. The minimum absolute atomic E-state index is 0.200. The van der Waals surface area contributed by atoms with Crippen molar-refractivity contribution in [2.24, 2.45) is 11.7 Å². The third-order valence-electron chi connectivity index (χ3n) is 6.49. The average Bonchev–Trinajstić information content (AvgIpc) is 3.40. The SMILES string of the molecule is Fc1ccc(F)cc1.NC1CCN(c2ncc(OCC3CCN(C(=O)OCc4ccccc4)CC3)cn2)C1. The van der Waals surface area contributed by atoms with Crippen LogP contribution in [0, 0.1) is 17.6 Å². The molecule has 2 aromatic carbocycles. The molecular formula is C28H33F2N5O3. The van der Waals surface area contributed by atoms with Crippen molar-refractivity contribution < 1.29 is 23.0 Å². The molecule has 3 aromatic rings. The van der Waals surface area contributed by atoms with Gasteiger partial charge < -0.3 is 25.0 Å². The predicted molar refractivity (Wildman–Crippen MR) is 140 cm³/mol. The number of nitrogens with zero attached hydrogens (tertiary/aromatic N) is 4. The molecule has 0 radical (unpaired) electrons. The number of halogens is 2. The van der Waals surface area contributed by atoms with Gasteiger partial charge in [-0.25, -0.2) is 23.5 Å². The summed E-state index contributed by atoms with van der Waals surface area (Å²) in [7, 11) is 0. The number of carbonyl (C=O) groups is 1. The van der Waals surface area contributed by atoms with Gasteiger partial charge in [-0.15, -0.1) is 0 Å². The summed E-state index contributed by atoms with van der Waals surface area (Å²) in [6.45, 7) is 3.98. The quantitative estimate of drug-likeness (QED) is 0.510. The summed E-state index contributed by atoms with van der Waals surface area (Å²) in [5.41, 5.74) is 6.94. The molecule has 2 saturated heterocycles. The van der Waals surface area contributed by atoms with Crippen molar-refractivity contribution in [3.05, 3.63) is 84.2 Å². The molecule has 1 atom stereocenters. The highest BCUT2D eigenvalue weighted by Gasteiger charge is 2.25. The van der Waals surface area contributed by atoms with Gasteiger partial charge in [-0.1, -0.05) is 30.3 Å². The second-order valence-electron chi connectivity index (χ2n) is 9.43. The topological polar surface area (TPSA) is 93.8 Å². The molecule has 5 rings (SSSR count). The third kappa shape index (κ3) is 8.37. The van der Waals surface area contributed by atoms with Gasteiger partial charge >= 0.3 is 6.09 Å². The standard InChI is InChI=1S/C22H29N5O3.C6H4F2/c23-19-8-11-27(14-19)21-24-12-20(13-25-21)29-15-18-6-9-26(10-7-18)22(28)30-16-17-4-2-1-3-5-17;7-5-1-2-6(8)4-3-5/h1-5,12-13,18-19H,6-11,14-16,23H2;1-4H.